The Bertz CT molecular complexity index is 1170. The van der Waals surface area contributed by atoms with E-state index in [9.17, 15) is 9.18 Å². The Morgan fingerprint density at radius 3 is 2.57 bits per heavy atom. The molecule has 0 aliphatic heterocycles. The molecule has 3 aromatic carbocycles. The number of H-pyrrole nitrogens is 1. The first-order chi connectivity index (χ1) is 13.6. The molecule has 142 valence electrons. The van der Waals surface area contributed by atoms with Crippen LogP contribution in [0.5, 0.6) is 0 Å². The van der Waals surface area contributed by atoms with Gasteiger partial charge in [0.2, 0.25) is 0 Å². The van der Waals surface area contributed by atoms with Gasteiger partial charge in [-0.25, -0.2) is 4.39 Å². The van der Waals surface area contributed by atoms with Crippen LogP contribution >= 0.6 is 0 Å². The van der Waals surface area contributed by atoms with Gasteiger partial charge in [-0.05, 0) is 29.0 Å². The van der Waals surface area contributed by atoms with E-state index in [1.807, 2.05) is 42.5 Å². The predicted octanol–water partition coefficient (Wildman–Crippen LogP) is 2.61. The first-order valence-corrected chi connectivity index (χ1v) is 8.80. The number of carbonyl (C=O) groups excluding carboxylic acids is 1. The van der Waals surface area contributed by atoms with E-state index in [1.165, 1.54) is 0 Å². The molecule has 1 amide bonds. The van der Waals surface area contributed by atoms with Crippen molar-refractivity contribution in [2.75, 3.05) is 13.2 Å². The zero-order valence-corrected chi connectivity index (χ0v) is 14.8. The zero-order chi connectivity index (χ0) is 19.7. The normalized spacial score (nSPS) is 11.4. The first kappa shape index (κ1) is 18.1. The summed E-state index contributed by atoms with van der Waals surface area (Å²) in [4.78, 5) is 12.4. The Hall–Kier alpha value is -3.29. The minimum Gasteiger partial charge on any atom is -0.394 e. The van der Waals surface area contributed by atoms with Crippen LogP contribution in [0, 0.1) is 5.82 Å². The van der Waals surface area contributed by atoms with Crippen molar-refractivity contribution >= 4 is 27.6 Å². The summed E-state index contributed by atoms with van der Waals surface area (Å²) in [6.07, 6.45) is 0. The van der Waals surface area contributed by atoms with Gasteiger partial charge in [0.05, 0.1) is 24.9 Å². The number of aliphatic hydroxyl groups is 2. The molecule has 0 bridgehead atoms. The Morgan fingerprint density at radius 1 is 1.07 bits per heavy atom. The molecule has 0 saturated carbocycles. The molecule has 0 spiro atoms. The Balaban J connectivity index is 1.79. The van der Waals surface area contributed by atoms with E-state index in [0.29, 0.717) is 11.1 Å². The first-order valence-electron chi connectivity index (χ1n) is 8.80. The van der Waals surface area contributed by atoms with Crippen LogP contribution in [-0.4, -0.2) is 45.6 Å². The molecule has 1 heterocycles. The molecular weight excluding hydrogens is 361 g/mol. The van der Waals surface area contributed by atoms with Crippen LogP contribution in [-0.2, 0) is 0 Å². The lowest BCUT2D eigenvalue weighted by Crippen LogP contribution is -2.40. The summed E-state index contributed by atoms with van der Waals surface area (Å²) in [6.45, 7) is -0.831. The van der Waals surface area contributed by atoms with Gasteiger partial charge in [-0.1, -0.05) is 36.4 Å². The van der Waals surface area contributed by atoms with E-state index in [2.05, 4.69) is 15.5 Å². The Labute approximate surface area is 159 Å². The van der Waals surface area contributed by atoms with Gasteiger partial charge in [0.25, 0.3) is 5.91 Å². The number of carbonyl (C=O) groups is 1. The second-order valence-electron chi connectivity index (χ2n) is 6.55. The van der Waals surface area contributed by atoms with Crippen LogP contribution in [0.2, 0.25) is 0 Å². The molecule has 4 N–H and O–H groups in total. The van der Waals surface area contributed by atoms with Crippen LogP contribution in [0.25, 0.3) is 32.9 Å². The van der Waals surface area contributed by atoms with Crippen LogP contribution in [0.3, 0.4) is 0 Å². The van der Waals surface area contributed by atoms with E-state index in [1.54, 1.807) is 6.07 Å². The van der Waals surface area contributed by atoms with Gasteiger partial charge in [0.15, 0.2) is 5.82 Å². The van der Waals surface area contributed by atoms with Crippen molar-refractivity contribution in [2.45, 2.75) is 6.04 Å². The molecule has 0 unspecified atom stereocenters. The highest BCUT2D eigenvalue weighted by molar-refractivity contribution is 6.02. The van der Waals surface area contributed by atoms with Gasteiger partial charge in [-0.2, -0.15) is 5.10 Å². The standard InChI is InChI=1S/C21H18FN3O3/c22-18-9-15(21(28)23-16(10-26)11-27)8-17-19(24-25-20(17)18)14-6-5-12-3-1-2-4-13(12)7-14/h1-9,16,26-27H,10-11H2,(H,23,28)(H,24,25). The summed E-state index contributed by atoms with van der Waals surface area (Å²) < 4.78 is 14.5. The smallest absolute Gasteiger partial charge is 0.251 e. The SMILES string of the molecule is O=C(NC(CO)CO)c1cc(F)c2n[nH]c(-c3ccc4ccccc4c3)c2c1. The largest absolute Gasteiger partial charge is 0.394 e. The van der Waals surface area contributed by atoms with Crippen molar-refractivity contribution < 1.29 is 19.4 Å². The lowest BCUT2D eigenvalue weighted by atomic mass is 10.0. The number of rotatable bonds is 5. The third-order valence-electron chi connectivity index (χ3n) is 4.69. The number of amides is 1. The zero-order valence-electron chi connectivity index (χ0n) is 14.8. The summed E-state index contributed by atoms with van der Waals surface area (Å²) in [5.41, 5.74) is 1.65. The third-order valence-corrected chi connectivity index (χ3v) is 4.69. The number of aromatic amines is 1. The van der Waals surface area contributed by atoms with E-state index in [0.717, 1.165) is 22.4 Å². The molecular formula is C21H18FN3O3. The molecule has 0 aliphatic rings. The minimum atomic E-state index is -0.810. The second-order valence-corrected chi connectivity index (χ2v) is 6.55. The average Bonchev–Trinajstić information content (AvgIpc) is 3.16. The number of aromatic nitrogens is 2. The number of aliphatic hydroxyl groups excluding tert-OH is 2. The van der Waals surface area contributed by atoms with Crippen LogP contribution in [0.15, 0.2) is 54.6 Å². The third kappa shape index (κ3) is 3.21. The lowest BCUT2D eigenvalue weighted by molar-refractivity contribution is 0.0879. The fourth-order valence-electron chi connectivity index (χ4n) is 3.19. The van der Waals surface area contributed by atoms with Gasteiger partial charge in [0.1, 0.15) is 5.52 Å². The molecule has 0 aliphatic carbocycles. The number of hydrogen-bond donors (Lipinski definition) is 4. The molecule has 0 saturated heterocycles. The summed E-state index contributed by atoms with van der Waals surface area (Å²) in [5, 5.41) is 30.2. The van der Waals surface area contributed by atoms with E-state index < -0.39 is 31.0 Å². The number of fused-ring (bicyclic) bond motifs is 2. The Morgan fingerprint density at radius 2 is 1.82 bits per heavy atom. The van der Waals surface area contributed by atoms with Gasteiger partial charge in [-0.15, -0.1) is 0 Å². The number of nitrogens with zero attached hydrogens (tertiary/aromatic N) is 1. The molecule has 6 nitrogen and oxygen atoms in total. The second kappa shape index (κ2) is 7.38. The minimum absolute atomic E-state index is 0.0836. The highest BCUT2D eigenvalue weighted by atomic mass is 19.1. The summed E-state index contributed by atoms with van der Waals surface area (Å²) >= 11 is 0. The molecule has 1 aromatic heterocycles. The highest BCUT2D eigenvalue weighted by Gasteiger charge is 2.18. The van der Waals surface area contributed by atoms with E-state index in [4.69, 9.17) is 10.2 Å². The van der Waals surface area contributed by atoms with Crippen LogP contribution in [0.1, 0.15) is 10.4 Å². The molecule has 0 atom stereocenters. The van der Waals surface area contributed by atoms with Crippen molar-refractivity contribution in [3.63, 3.8) is 0 Å². The van der Waals surface area contributed by atoms with Crippen molar-refractivity contribution in [1.82, 2.24) is 15.5 Å². The monoisotopic (exact) mass is 379 g/mol. The van der Waals surface area contributed by atoms with Crippen molar-refractivity contribution in [3.8, 4) is 11.3 Å². The predicted molar refractivity (Wildman–Crippen MR) is 104 cm³/mol. The van der Waals surface area contributed by atoms with Gasteiger partial charge in [-0.3, -0.25) is 9.89 Å². The number of nitrogens with one attached hydrogen (secondary N) is 2. The highest BCUT2D eigenvalue weighted by Crippen LogP contribution is 2.30. The van der Waals surface area contributed by atoms with Gasteiger partial charge < -0.3 is 15.5 Å². The van der Waals surface area contributed by atoms with Gasteiger partial charge >= 0.3 is 0 Å². The van der Waals surface area contributed by atoms with E-state index in [-0.39, 0.29) is 11.1 Å². The van der Waals surface area contributed by atoms with Gasteiger partial charge in [0, 0.05) is 16.5 Å². The number of benzene rings is 3. The Kier molecular flexibility index (Phi) is 4.77. The maximum absolute atomic E-state index is 14.5. The molecule has 4 aromatic rings. The fourth-order valence-corrected chi connectivity index (χ4v) is 3.19. The van der Waals surface area contributed by atoms with Crippen molar-refractivity contribution in [1.29, 1.82) is 0 Å². The quantitative estimate of drug-likeness (QED) is 0.428. The topological polar surface area (TPSA) is 98.2 Å². The molecule has 28 heavy (non-hydrogen) atoms. The lowest BCUT2D eigenvalue weighted by Gasteiger charge is -2.13. The molecule has 0 radical (unpaired) electrons. The fraction of sp³-hybridized carbons (Fsp3) is 0.143. The van der Waals surface area contributed by atoms with Crippen LogP contribution < -0.4 is 5.32 Å². The molecule has 4 rings (SSSR count). The van der Waals surface area contributed by atoms with Crippen molar-refractivity contribution in [2.24, 2.45) is 0 Å². The number of halogens is 1. The molecule has 7 heteroatoms. The summed E-state index contributed by atoms with van der Waals surface area (Å²) in [6, 6.07) is 15.6. The van der Waals surface area contributed by atoms with Crippen molar-refractivity contribution in [3.05, 3.63) is 66.0 Å². The average molecular weight is 379 g/mol. The number of hydrogen-bond acceptors (Lipinski definition) is 4. The summed E-state index contributed by atoms with van der Waals surface area (Å²) in [7, 11) is 0. The van der Waals surface area contributed by atoms with Crippen LogP contribution in [0.4, 0.5) is 4.39 Å². The summed E-state index contributed by atoms with van der Waals surface area (Å²) in [5.74, 6) is -1.21. The molecule has 0 fully saturated rings. The maximum Gasteiger partial charge on any atom is 0.251 e. The van der Waals surface area contributed by atoms with E-state index >= 15 is 0 Å². The maximum atomic E-state index is 14.5.